The van der Waals surface area contributed by atoms with E-state index in [4.69, 9.17) is 18.9 Å². The maximum Gasteiger partial charge on any atom is 0.168 e. The first-order chi connectivity index (χ1) is 14.3. The molecule has 2 heterocycles. The van der Waals surface area contributed by atoms with Crippen LogP contribution in [0.4, 0.5) is 0 Å². The Balaban J connectivity index is 1.69. The molecule has 2 aliphatic heterocycles. The fourth-order valence-corrected chi connectivity index (χ4v) is 4.34. The maximum absolute atomic E-state index is 12.0. The van der Waals surface area contributed by atoms with Gasteiger partial charge in [0.2, 0.25) is 0 Å². The molecule has 2 fully saturated rings. The number of hydrogen-bond acceptors (Lipinski definition) is 8. The minimum absolute atomic E-state index is 0.00344. The van der Waals surface area contributed by atoms with Gasteiger partial charge >= 0.3 is 0 Å². The molecule has 8 heteroatoms. The van der Waals surface area contributed by atoms with Crippen molar-refractivity contribution >= 4 is 5.78 Å². The largest absolute Gasteiger partial charge is 0.504 e. The van der Waals surface area contributed by atoms with Crippen molar-refractivity contribution in [3.63, 3.8) is 0 Å². The summed E-state index contributed by atoms with van der Waals surface area (Å²) in [6.45, 7) is 1.61. The molecule has 30 heavy (non-hydrogen) atoms. The van der Waals surface area contributed by atoms with Gasteiger partial charge in [-0.3, -0.25) is 4.79 Å². The van der Waals surface area contributed by atoms with Crippen LogP contribution < -0.4 is 9.47 Å². The zero-order valence-electron chi connectivity index (χ0n) is 16.9. The van der Waals surface area contributed by atoms with Crippen LogP contribution in [0.5, 0.6) is 23.0 Å². The Labute approximate surface area is 173 Å². The van der Waals surface area contributed by atoms with E-state index in [9.17, 15) is 20.1 Å². The number of ketones is 1. The molecule has 2 saturated heterocycles. The van der Waals surface area contributed by atoms with Crippen LogP contribution in [0.25, 0.3) is 0 Å². The predicted octanol–water partition coefficient (Wildman–Crippen LogP) is 2.51. The minimum Gasteiger partial charge on any atom is -0.504 e. The zero-order chi connectivity index (χ0) is 21.6. The molecule has 2 aromatic carbocycles. The molecule has 2 aromatic rings. The van der Waals surface area contributed by atoms with Gasteiger partial charge in [-0.2, -0.15) is 0 Å². The van der Waals surface area contributed by atoms with E-state index in [0.29, 0.717) is 11.1 Å². The number of carbonyl (C=O) groups is 1. The molecule has 2 aliphatic rings. The maximum atomic E-state index is 12.0. The number of aromatic hydroxyl groups is 2. The molecule has 4 rings (SSSR count). The fourth-order valence-electron chi connectivity index (χ4n) is 4.34. The lowest BCUT2D eigenvalue weighted by Gasteiger charge is -2.27. The van der Waals surface area contributed by atoms with Crippen LogP contribution in [0.2, 0.25) is 0 Å². The van der Waals surface area contributed by atoms with E-state index < -0.39 is 23.7 Å². The number of methoxy groups -OCH3 is 2. The van der Waals surface area contributed by atoms with E-state index in [1.807, 2.05) is 0 Å². The lowest BCUT2D eigenvalue weighted by Crippen LogP contribution is -2.39. The first-order valence-electron chi connectivity index (χ1n) is 9.54. The number of rotatable bonds is 5. The Bertz CT molecular complexity index is 987. The van der Waals surface area contributed by atoms with Gasteiger partial charge < -0.3 is 34.3 Å². The Morgan fingerprint density at radius 3 is 2.43 bits per heavy atom. The van der Waals surface area contributed by atoms with Gasteiger partial charge in [0.1, 0.15) is 11.7 Å². The van der Waals surface area contributed by atoms with E-state index in [1.54, 1.807) is 24.3 Å². The average Bonchev–Trinajstić information content (AvgIpc) is 3.23. The molecule has 0 saturated carbocycles. The van der Waals surface area contributed by atoms with Crippen LogP contribution in [-0.2, 0) is 9.47 Å². The van der Waals surface area contributed by atoms with Gasteiger partial charge in [-0.15, -0.1) is 0 Å². The van der Waals surface area contributed by atoms with Crippen LogP contribution in [0.1, 0.15) is 40.6 Å². The van der Waals surface area contributed by atoms with Crippen molar-refractivity contribution in [3.05, 3.63) is 47.0 Å². The standard InChI is InChI=1S/C22H24O8/c1-11(23)14-6-13(8-18(28-3)19(14)25)20-15-9-29-21(22(15,26)10-30-20)12-4-5-16(24)17(7-12)27-2/h4-8,15,20-21,24-26H,9-10H2,1-3H3. The van der Waals surface area contributed by atoms with Crippen molar-refractivity contribution in [3.8, 4) is 23.0 Å². The predicted molar refractivity (Wildman–Crippen MR) is 105 cm³/mol. The van der Waals surface area contributed by atoms with Gasteiger partial charge in [-0.1, -0.05) is 6.07 Å². The summed E-state index contributed by atoms with van der Waals surface area (Å²) in [5.74, 6) is -0.493. The first kappa shape index (κ1) is 20.5. The Kier molecular flexibility index (Phi) is 5.09. The Hall–Kier alpha value is -2.81. The topological polar surface area (TPSA) is 115 Å². The molecule has 0 amide bonds. The van der Waals surface area contributed by atoms with Gasteiger partial charge in [-0.25, -0.2) is 0 Å². The highest BCUT2D eigenvalue weighted by atomic mass is 16.6. The van der Waals surface area contributed by atoms with Crippen LogP contribution >= 0.6 is 0 Å². The number of ether oxygens (including phenoxy) is 4. The van der Waals surface area contributed by atoms with Crippen LogP contribution in [0, 0.1) is 5.92 Å². The second-order valence-electron chi connectivity index (χ2n) is 7.65. The van der Waals surface area contributed by atoms with E-state index in [1.165, 1.54) is 27.2 Å². The third-order valence-electron chi connectivity index (χ3n) is 5.93. The summed E-state index contributed by atoms with van der Waals surface area (Å²) < 4.78 is 22.3. The van der Waals surface area contributed by atoms with Gasteiger partial charge in [-0.05, 0) is 42.3 Å². The number of hydrogen-bond donors (Lipinski definition) is 3. The van der Waals surface area contributed by atoms with Crippen LogP contribution in [0.15, 0.2) is 30.3 Å². The third kappa shape index (κ3) is 3.08. The number of phenols is 2. The summed E-state index contributed by atoms with van der Waals surface area (Å²) in [7, 11) is 2.85. The summed E-state index contributed by atoms with van der Waals surface area (Å²) >= 11 is 0. The van der Waals surface area contributed by atoms with E-state index >= 15 is 0 Å². The number of carbonyl (C=O) groups excluding carboxylic acids is 1. The third-order valence-corrected chi connectivity index (χ3v) is 5.93. The van der Waals surface area contributed by atoms with E-state index in [0.717, 1.165) is 0 Å². The van der Waals surface area contributed by atoms with E-state index in [2.05, 4.69) is 0 Å². The molecule has 4 unspecified atom stereocenters. The summed E-state index contributed by atoms with van der Waals surface area (Å²) in [6.07, 6.45) is -1.22. The van der Waals surface area contributed by atoms with Crippen LogP contribution in [-0.4, -0.2) is 54.1 Å². The summed E-state index contributed by atoms with van der Waals surface area (Å²) in [6, 6.07) is 7.97. The van der Waals surface area contributed by atoms with Crippen molar-refractivity contribution in [2.24, 2.45) is 5.92 Å². The number of aliphatic hydroxyl groups is 1. The number of phenolic OH excluding ortho intramolecular Hbond substituents is 2. The number of fused-ring (bicyclic) bond motifs is 1. The monoisotopic (exact) mass is 416 g/mol. The number of Topliss-reactive ketones (excluding diaryl/α,β-unsaturated/α-hetero) is 1. The van der Waals surface area contributed by atoms with Crippen molar-refractivity contribution < 1.29 is 39.1 Å². The summed E-state index contributed by atoms with van der Waals surface area (Å²) in [5.41, 5.74) is 0.0887. The Morgan fingerprint density at radius 2 is 1.77 bits per heavy atom. The van der Waals surface area contributed by atoms with Crippen molar-refractivity contribution in [1.29, 1.82) is 0 Å². The van der Waals surface area contributed by atoms with Gasteiger partial charge in [0.05, 0.1) is 39.1 Å². The van der Waals surface area contributed by atoms with Crippen molar-refractivity contribution in [2.45, 2.75) is 24.7 Å². The molecule has 0 aliphatic carbocycles. The number of benzene rings is 2. The molecule has 0 bridgehead atoms. The van der Waals surface area contributed by atoms with Crippen LogP contribution in [0.3, 0.4) is 0 Å². The van der Waals surface area contributed by atoms with Crippen molar-refractivity contribution in [1.82, 2.24) is 0 Å². The highest BCUT2D eigenvalue weighted by Gasteiger charge is 2.59. The lowest BCUT2D eigenvalue weighted by molar-refractivity contribution is -0.0628. The second kappa shape index (κ2) is 7.46. The molecule has 0 radical (unpaired) electrons. The van der Waals surface area contributed by atoms with Gasteiger partial charge in [0.25, 0.3) is 0 Å². The molecule has 8 nitrogen and oxygen atoms in total. The second-order valence-corrected chi connectivity index (χ2v) is 7.65. The van der Waals surface area contributed by atoms with E-state index in [-0.39, 0.29) is 47.6 Å². The lowest BCUT2D eigenvalue weighted by atomic mass is 9.80. The molecule has 3 N–H and O–H groups in total. The highest BCUT2D eigenvalue weighted by molar-refractivity contribution is 5.97. The van der Waals surface area contributed by atoms with Crippen molar-refractivity contribution in [2.75, 3.05) is 27.4 Å². The summed E-state index contributed by atoms with van der Waals surface area (Å²) in [5, 5.41) is 31.6. The minimum atomic E-state index is -1.31. The van der Waals surface area contributed by atoms with Gasteiger partial charge in [0.15, 0.2) is 28.8 Å². The molecule has 160 valence electrons. The molecule has 4 atom stereocenters. The highest BCUT2D eigenvalue weighted by Crippen LogP contribution is 2.54. The zero-order valence-corrected chi connectivity index (χ0v) is 16.9. The molecular weight excluding hydrogens is 392 g/mol. The summed E-state index contributed by atoms with van der Waals surface area (Å²) in [4.78, 5) is 12.0. The quantitative estimate of drug-likeness (QED) is 0.637. The Morgan fingerprint density at radius 1 is 1.07 bits per heavy atom. The smallest absolute Gasteiger partial charge is 0.168 e. The average molecular weight is 416 g/mol. The van der Waals surface area contributed by atoms with Gasteiger partial charge in [0, 0.05) is 5.92 Å². The normalized spacial score (nSPS) is 27.7. The molecular formula is C22H24O8. The SMILES string of the molecule is COc1cc(C2OCC3C(c4cc(OC)c(O)c(C(C)=O)c4)OCC23O)ccc1O. The first-order valence-corrected chi connectivity index (χ1v) is 9.54. The molecule has 0 aromatic heterocycles. The molecule has 0 spiro atoms. The fraction of sp³-hybridized carbons (Fsp3) is 0.409.